The van der Waals surface area contributed by atoms with Crippen LogP contribution in [0.3, 0.4) is 0 Å². The minimum Gasteiger partial charge on any atom is -0.313 e. The number of hydrogen-bond donors (Lipinski definition) is 0. The monoisotopic (exact) mass is 810 g/mol. The second-order valence-corrected chi connectivity index (χ2v) is 16.6. The highest BCUT2D eigenvalue weighted by atomic mass is 15.1. The van der Waals surface area contributed by atoms with Gasteiger partial charge < -0.3 is 9.47 Å². The Kier molecular flexibility index (Phi) is 10.9. The molecule has 10 aromatic rings. The zero-order chi connectivity index (χ0) is 42.7. The highest BCUT2D eigenvalue weighted by Gasteiger charge is 2.19. The molecule has 1 aliphatic rings. The van der Waals surface area contributed by atoms with E-state index in [1.54, 1.807) is 0 Å². The second-order valence-electron chi connectivity index (χ2n) is 16.6. The fourth-order valence-electron chi connectivity index (χ4n) is 9.33. The maximum absolute atomic E-state index is 2.46. The van der Waals surface area contributed by atoms with Crippen molar-refractivity contribution in [3.8, 4) is 39.1 Å². The van der Waals surface area contributed by atoms with Crippen LogP contribution in [0.4, 0.5) is 17.1 Å². The van der Waals surface area contributed by atoms with Crippen LogP contribution >= 0.6 is 0 Å². The summed E-state index contributed by atoms with van der Waals surface area (Å²) in [5.41, 5.74) is 19.8. The lowest BCUT2D eigenvalue weighted by molar-refractivity contribution is 0.888. The molecule has 0 aliphatic heterocycles. The van der Waals surface area contributed by atoms with Gasteiger partial charge in [0.25, 0.3) is 0 Å². The maximum atomic E-state index is 2.46. The third kappa shape index (κ3) is 7.89. The van der Waals surface area contributed by atoms with Crippen LogP contribution in [0.15, 0.2) is 218 Å². The van der Waals surface area contributed by atoms with Crippen LogP contribution < -0.4 is 4.90 Å². The Morgan fingerprint density at radius 2 is 1.00 bits per heavy atom. The zero-order valence-electron chi connectivity index (χ0n) is 36.2. The smallest absolute Gasteiger partial charge is 0.0537 e. The predicted molar refractivity (Wildman–Crippen MR) is 270 cm³/mol. The summed E-state index contributed by atoms with van der Waals surface area (Å²) < 4.78 is 2.46. The van der Waals surface area contributed by atoms with Gasteiger partial charge in [-0.15, -0.1) is 0 Å². The Morgan fingerprint density at radius 3 is 1.79 bits per heavy atom. The van der Waals surface area contributed by atoms with Crippen molar-refractivity contribution in [3.63, 3.8) is 0 Å². The van der Waals surface area contributed by atoms with Crippen molar-refractivity contribution in [3.05, 3.63) is 246 Å². The van der Waals surface area contributed by atoms with Crippen LogP contribution in [0.2, 0.25) is 0 Å². The number of rotatable bonds is 7. The molecule has 0 saturated heterocycles. The van der Waals surface area contributed by atoms with Crippen molar-refractivity contribution < 1.29 is 0 Å². The van der Waals surface area contributed by atoms with Gasteiger partial charge in [0.2, 0.25) is 0 Å². The number of aromatic nitrogens is 1. The molecule has 9 aromatic carbocycles. The standard InChI is InChI=1S/C50H40N2.C11H10/c1-35-13-6-7-18-45(35)46-32-31-44(33-36(46)2)51(41-27-23-38(24-28-41)37-14-4-3-5-15-37)43-17-12-16-40(34-43)39-25-29-42(30-26-39)52-49-21-10-8-19-47(49)48-20-9-11-22-50(48)52;1-9-5-4-7-10-6-2-3-8-11(9)10/h3-10,12-21,23-34H,11,22H2,1-2H3;2-8H,1H3. The Balaban J connectivity index is 0.000000372. The first-order valence-corrected chi connectivity index (χ1v) is 22.1. The van der Waals surface area contributed by atoms with E-state index >= 15 is 0 Å². The fourth-order valence-corrected chi connectivity index (χ4v) is 9.33. The van der Waals surface area contributed by atoms with Crippen molar-refractivity contribution in [1.82, 2.24) is 4.57 Å². The number of allylic oxidation sites excluding steroid dienone is 1. The van der Waals surface area contributed by atoms with Gasteiger partial charge in [-0.05, 0) is 149 Å². The number of fused-ring (bicyclic) bond motifs is 4. The van der Waals surface area contributed by atoms with Crippen LogP contribution in [-0.2, 0) is 6.42 Å². The molecule has 0 spiro atoms. The topological polar surface area (TPSA) is 8.17 Å². The van der Waals surface area contributed by atoms with Crippen LogP contribution in [0, 0.1) is 20.8 Å². The molecule has 1 aliphatic carbocycles. The van der Waals surface area contributed by atoms with Gasteiger partial charge in [-0.3, -0.25) is 0 Å². The normalized spacial score (nSPS) is 11.9. The van der Waals surface area contributed by atoms with E-state index in [9.17, 15) is 0 Å². The Morgan fingerprint density at radius 1 is 0.413 bits per heavy atom. The molecule has 0 radical (unpaired) electrons. The molecule has 2 nitrogen and oxygen atoms in total. The summed E-state index contributed by atoms with van der Waals surface area (Å²) in [5, 5.41) is 4.01. The molecule has 11 rings (SSSR count). The summed E-state index contributed by atoms with van der Waals surface area (Å²) in [6, 6.07) is 76.7. The molecular weight excluding hydrogens is 761 g/mol. The average Bonchev–Trinajstić information content (AvgIpc) is 3.67. The zero-order valence-corrected chi connectivity index (χ0v) is 36.2. The summed E-state index contributed by atoms with van der Waals surface area (Å²) >= 11 is 0. The quantitative estimate of drug-likeness (QED) is 0.156. The SMILES string of the molecule is Cc1cccc2ccccc12.Cc1ccccc1-c1ccc(N(c2ccc(-c3ccccc3)cc2)c2cccc(-c3ccc(-n4c5c(c6ccccc64)C=CCC5)cc3)c2)cc1C. The minimum absolute atomic E-state index is 1.05. The van der Waals surface area contributed by atoms with Crippen LogP contribution in [-0.4, -0.2) is 4.57 Å². The van der Waals surface area contributed by atoms with E-state index in [1.165, 1.54) is 88.7 Å². The van der Waals surface area contributed by atoms with E-state index in [2.05, 4.69) is 255 Å². The molecule has 0 unspecified atom stereocenters. The van der Waals surface area contributed by atoms with Crippen molar-refractivity contribution in [2.75, 3.05) is 4.90 Å². The molecule has 0 bridgehead atoms. The molecule has 2 heteroatoms. The van der Waals surface area contributed by atoms with Gasteiger partial charge in [-0.1, -0.05) is 170 Å². The van der Waals surface area contributed by atoms with E-state index in [0.717, 1.165) is 29.9 Å². The molecule has 304 valence electrons. The lowest BCUT2D eigenvalue weighted by Gasteiger charge is -2.27. The van der Waals surface area contributed by atoms with Crippen molar-refractivity contribution in [2.45, 2.75) is 33.6 Å². The molecule has 0 N–H and O–H groups in total. The maximum Gasteiger partial charge on any atom is 0.0537 e. The largest absolute Gasteiger partial charge is 0.313 e. The van der Waals surface area contributed by atoms with Crippen molar-refractivity contribution in [2.24, 2.45) is 0 Å². The minimum atomic E-state index is 1.05. The summed E-state index contributed by atoms with van der Waals surface area (Å²) in [7, 11) is 0. The molecule has 1 heterocycles. The third-order valence-electron chi connectivity index (χ3n) is 12.6. The number of anilines is 3. The molecule has 0 atom stereocenters. The lowest BCUT2D eigenvalue weighted by Crippen LogP contribution is -2.10. The van der Waals surface area contributed by atoms with Crippen LogP contribution in [0.25, 0.3) is 66.8 Å². The van der Waals surface area contributed by atoms with E-state index in [4.69, 9.17) is 0 Å². The van der Waals surface area contributed by atoms with Crippen molar-refractivity contribution in [1.29, 1.82) is 0 Å². The molecule has 0 saturated carbocycles. The van der Waals surface area contributed by atoms with Gasteiger partial charge in [-0.25, -0.2) is 0 Å². The van der Waals surface area contributed by atoms with E-state index in [-0.39, 0.29) is 0 Å². The third-order valence-corrected chi connectivity index (χ3v) is 12.6. The molecule has 0 fully saturated rings. The van der Waals surface area contributed by atoms with Gasteiger partial charge in [0.05, 0.1) is 5.52 Å². The number of aryl methyl sites for hydroxylation is 3. The summed E-state index contributed by atoms with van der Waals surface area (Å²) in [5.74, 6) is 0. The molecule has 1 aromatic heterocycles. The van der Waals surface area contributed by atoms with E-state index in [1.807, 2.05) is 0 Å². The number of hydrogen-bond acceptors (Lipinski definition) is 1. The van der Waals surface area contributed by atoms with Crippen LogP contribution in [0.1, 0.15) is 34.4 Å². The first-order chi connectivity index (χ1) is 31.0. The van der Waals surface area contributed by atoms with Gasteiger partial charge in [-0.2, -0.15) is 0 Å². The highest BCUT2D eigenvalue weighted by Crippen LogP contribution is 2.40. The summed E-state index contributed by atoms with van der Waals surface area (Å²) in [6.07, 6.45) is 6.73. The Bertz CT molecular complexity index is 3240. The lowest BCUT2D eigenvalue weighted by atomic mass is 9.96. The molecule has 63 heavy (non-hydrogen) atoms. The number of nitrogens with zero attached hydrogens (tertiary/aromatic N) is 2. The Labute approximate surface area is 371 Å². The van der Waals surface area contributed by atoms with Gasteiger partial charge in [0.1, 0.15) is 0 Å². The molecular formula is C61H50N2. The Hall–Kier alpha value is -7.68. The molecule has 0 amide bonds. The van der Waals surface area contributed by atoms with Gasteiger partial charge in [0, 0.05) is 39.4 Å². The van der Waals surface area contributed by atoms with Gasteiger partial charge in [0.15, 0.2) is 0 Å². The summed E-state index contributed by atoms with van der Waals surface area (Å²) in [4.78, 5) is 2.38. The first kappa shape index (κ1) is 39.5. The summed E-state index contributed by atoms with van der Waals surface area (Å²) in [6.45, 7) is 6.55. The fraction of sp³-hybridized carbons (Fsp3) is 0.0820. The second kappa shape index (κ2) is 17.4. The van der Waals surface area contributed by atoms with Gasteiger partial charge >= 0.3 is 0 Å². The average molecular weight is 811 g/mol. The van der Waals surface area contributed by atoms with E-state index in [0.29, 0.717) is 0 Å². The number of para-hydroxylation sites is 1. The van der Waals surface area contributed by atoms with Crippen molar-refractivity contribution >= 4 is 44.8 Å². The number of benzene rings is 9. The predicted octanol–water partition coefficient (Wildman–Crippen LogP) is 16.8. The highest BCUT2D eigenvalue weighted by molar-refractivity contribution is 5.93. The first-order valence-electron chi connectivity index (χ1n) is 22.1. The van der Waals surface area contributed by atoms with Crippen LogP contribution in [0.5, 0.6) is 0 Å². The van der Waals surface area contributed by atoms with E-state index < -0.39 is 0 Å².